The van der Waals surface area contributed by atoms with Crippen LogP contribution < -0.4 is 0 Å². The average Bonchev–Trinajstić information content (AvgIpc) is 2.75. The van der Waals surface area contributed by atoms with Crippen molar-refractivity contribution in [2.45, 2.75) is 13.8 Å². The average molecular weight is 382 g/mol. The maximum absolute atomic E-state index is 11.7. The van der Waals surface area contributed by atoms with Gasteiger partial charge in [0, 0.05) is 16.7 Å². The van der Waals surface area contributed by atoms with Crippen LogP contribution in [0.15, 0.2) is 72.8 Å². The SMILES string of the molecule is CCOC(=O)c1ccc(C#Cc2ccc(/C(O)=C/c3ccc(C)cc3)cc2)cc1. The first-order valence-electron chi connectivity index (χ1n) is 9.42. The Kier molecular flexibility index (Phi) is 6.50. The lowest BCUT2D eigenvalue weighted by molar-refractivity contribution is 0.0526. The first kappa shape index (κ1) is 20.0. The summed E-state index contributed by atoms with van der Waals surface area (Å²) in [6.07, 6.45) is 1.74. The molecule has 0 aromatic heterocycles. The fraction of sp³-hybridized carbons (Fsp3) is 0.115. The summed E-state index contributed by atoms with van der Waals surface area (Å²) in [4.78, 5) is 11.7. The quantitative estimate of drug-likeness (QED) is 0.275. The number of carbonyl (C=O) groups is 1. The largest absolute Gasteiger partial charge is 0.507 e. The maximum atomic E-state index is 11.7. The number of hydrogen-bond donors (Lipinski definition) is 1. The predicted molar refractivity (Wildman–Crippen MR) is 116 cm³/mol. The maximum Gasteiger partial charge on any atom is 0.338 e. The Morgan fingerprint density at radius 3 is 1.90 bits per heavy atom. The monoisotopic (exact) mass is 382 g/mol. The number of esters is 1. The van der Waals surface area contributed by atoms with E-state index in [1.54, 1.807) is 37.3 Å². The van der Waals surface area contributed by atoms with Gasteiger partial charge in [0.05, 0.1) is 12.2 Å². The fourth-order valence-electron chi connectivity index (χ4n) is 2.68. The van der Waals surface area contributed by atoms with Crippen LogP contribution in [0, 0.1) is 18.8 Å². The topological polar surface area (TPSA) is 46.5 Å². The number of benzene rings is 3. The third kappa shape index (κ3) is 5.60. The summed E-state index contributed by atoms with van der Waals surface area (Å²) in [7, 11) is 0. The highest BCUT2D eigenvalue weighted by atomic mass is 16.5. The molecule has 1 N–H and O–H groups in total. The van der Waals surface area contributed by atoms with Crippen LogP contribution in [0.5, 0.6) is 0 Å². The zero-order valence-electron chi connectivity index (χ0n) is 16.5. The molecule has 3 aromatic carbocycles. The molecule has 0 atom stereocenters. The van der Waals surface area contributed by atoms with Gasteiger partial charge in [0.15, 0.2) is 0 Å². The highest BCUT2D eigenvalue weighted by molar-refractivity contribution is 5.89. The molecule has 3 nitrogen and oxygen atoms in total. The number of aryl methyl sites for hydroxylation is 1. The molecule has 29 heavy (non-hydrogen) atoms. The molecule has 0 aliphatic carbocycles. The minimum absolute atomic E-state index is 0.211. The number of aliphatic hydroxyl groups excluding tert-OH is 1. The summed E-state index contributed by atoms with van der Waals surface area (Å²) in [5, 5.41) is 10.3. The first-order valence-corrected chi connectivity index (χ1v) is 9.42. The molecule has 0 spiro atoms. The van der Waals surface area contributed by atoms with E-state index < -0.39 is 0 Å². The van der Waals surface area contributed by atoms with E-state index in [2.05, 4.69) is 11.8 Å². The van der Waals surface area contributed by atoms with E-state index >= 15 is 0 Å². The van der Waals surface area contributed by atoms with Crippen LogP contribution >= 0.6 is 0 Å². The van der Waals surface area contributed by atoms with Crippen LogP contribution in [0.2, 0.25) is 0 Å². The molecule has 3 rings (SSSR count). The number of aliphatic hydroxyl groups is 1. The van der Waals surface area contributed by atoms with Crippen molar-refractivity contribution in [3.63, 3.8) is 0 Å². The fourth-order valence-corrected chi connectivity index (χ4v) is 2.68. The molecule has 0 aliphatic heterocycles. The van der Waals surface area contributed by atoms with Gasteiger partial charge in [-0.15, -0.1) is 0 Å². The van der Waals surface area contributed by atoms with Gasteiger partial charge >= 0.3 is 5.97 Å². The van der Waals surface area contributed by atoms with Crippen LogP contribution in [-0.4, -0.2) is 17.7 Å². The Morgan fingerprint density at radius 1 is 0.862 bits per heavy atom. The summed E-state index contributed by atoms with van der Waals surface area (Å²) in [6.45, 7) is 4.16. The molecule has 0 unspecified atom stereocenters. The second-order valence-corrected chi connectivity index (χ2v) is 6.57. The van der Waals surface area contributed by atoms with Crippen molar-refractivity contribution in [1.82, 2.24) is 0 Å². The summed E-state index contributed by atoms with van der Waals surface area (Å²) < 4.78 is 4.97. The van der Waals surface area contributed by atoms with Crippen LogP contribution in [0.4, 0.5) is 0 Å². The lowest BCUT2D eigenvalue weighted by Crippen LogP contribution is -2.04. The van der Waals surface area contributed by atoms with Crippen molar-refractivity contribution in [2.75, 3.05) is 6.61 Å². The minimum Gasteiger partial charge on any atom is -0.507 e. The minimum atomic E-state index is -0.332. The van der Waals surface area contributed by atoms with Gasteiger partial charge in [-0.1, -0.05) is 53.8 Å². The van der Waals surface area contributed by atoms with E-state index in [1.807, 2.05) is 55.5 Å². The number of rotatable bonds is 4. The van der Waals surface area contributed by atoms with Gasteiger partial charge in [0.2, 0.25) is 0 Å². The second-order valence-electron chi connectivity index (χ2n) is 6.57. The molecule has 0 bridgehead atoms. The van der Waals surface area contributed by atoms with E-state index in [4.69, 9.17) is 4.74 Å². The van der Waals surface area contributed by atoms with E-state index in [0.29, 0.717) is 12.2 Å². The number of carbonyl (C=O) groups excluding carboxylic acids is 1. The highest BCUT2D eigenvalue weighted by Crippen LogP contribution is 2.17. The third-order valence-corrected chi connectivity index (χ3v) is 4.31. The van der Waals surface area contributed by atoms with E-state index in [9.17, 15) is 9.90 Å². The summed E-state index contributed by atoms with van der Waals surface area (Å²) in [6, 6.07) is 22.4. The molecule has 0 heterocycles. The van der Waals surface area contributed by atoms with Gasteiger partial charge < -0.3 is 9.84 Å². The van der Waals surface area contributed by atoms with E-state index in [1.165, 1.54) is 5.56 Å². The van der Waals surface area contributed by atoms with Crippen molar-refractivity contribution < 1.29 is 14.6 Å². The van der Waals surface area contributed by atoms with Crippen LogP contribution in [-0.2, 0) is 4.74 Å². The molecule has 0 saturated heterocycles. The van der Waals surface area contributed by atoms with Gasteiger partial charge in [-0.2, -0.15) is 0 Å². The van der Waals surface area contributed by atoms with Crippen LogP contribution in [0.1, 0.15) is 45.1 Å². The van der Waals surface area contributed by atoms with Crippen molar-refractivity contribution in [1.29, 1.82) is 0 Å². The summed E-state index contributed by atoms with van der Waals surface area (Å²) >= 11 is 0. The zero-order chi connectivity index (χ0) is 20.6. The lowest BCUT2D eigenvalue weighted by Gasteiger charge is -2.02. The van der Waals surface area contributed by atoms with Gasteiger partial charge in [0.25, 0.3) is 0 Å². The molecule has 0 radical (unpaired) electrons. The van der Waals surface area contributed by atoms with E-state index in [0.717, 1.165) is 22.3 Å². The Bertz CT molecular complexity index is 1060. The normalized spacial score (nSPS) is 10.8. The molecular formula is C26H22O3. The molecule has 0 amide bonds. The molecule has 144 valence electrons. The van der Waals surface area contributed by atoms with Gasteiger partial charge in [-0.05, 0) is 61.9 Å². The number of ether oxygens (including phenoxy) is 1. The summed E-state index contributed by atoms with van der Waals surface area (Å²) in [5.74, 6) is 6.04. The van der Waals surface area contributed by atoms with Crippen molar-refractivity contribution in [2.24, 2.45) is 0 Å². The molecular weight excluding hydrogens is 360 g/mol. The standard InChI is InChI=1S/C26H22O3/c1-3-29-26(28)24-16-12-21(13-17-24)9-8-20-10-14-23(15-11-20)25(27)18-22-6-4-19(2)5-7-22/h4-7,10-18,27H,3H2,1-2H3/b25-18-. The smallest absolute Gasteiger partial charge is 0.338 e. The van der Waals surface area contributed by atoms with Gasteiger partial charge in [0.1, 0.15) is 5.76 Å². The Hall–Kier alpha value is -3.77. The van der Waals surface area contributed by atoms with Crippen molar-refractivity contribution >= 4 is 17.8 Å². The van der Waals surface area contributed by atoms with Crippen LogP contribution in [0.3, 0.4) is 0 Å². The second kappa shape index (κ2) is 9.43. The Balaban J connectivity index is 1.69. The van der Waals surface area contributed by atoms with Crippen LogP contribution in [0.25, 0.3) is 11.8 Å². The zero-order valence-corrected chi connectivity index (χ0v) is 16.5. The van der Waals surface area contributed by atoms with Crippen molar-refractivity contribution in [3.8, 4) is 11.8 Å². The third-order valence-electron chi connectivity index (χ3n) is 4.31. The molecule has 3 aromatic rings. The Morgan fingerprint density at radius 2 is 1.38 bits per heavy atom. The van der Waals surface area contributed by atoms with E-state index in [-0.39, 0.29) is 11.7 Å². The molecule has 3 heteroatoms. The first-order chi connectivity index (χ1) is 14.0. The van der Waals surface area contributed by atoms with Crippen molar-refractivity contribution in [3.05, 3.63) is 106 Å². The highest BCUT2D eigenvalue weighted by Gasteiger charge is 2.04. The Labute approximate surface area is 171 Å². The lowest BCUT2D eigenvalue weighted by atomic mass is 10.1. The van der Waals surface area contributed by atoms with Gasteiger partial charge in [-0.25, -0.2) is 4.79 Å². The molecule has 0 fully saturated rings. The molecule has 0 saturated carbocycles. The predicted octanol–water partition coefficient (Wildman–Crippen LogP) is 5.63. The number of hydrogen-bond acceptors (Lipinski definition) is 3. The molecule has 0 aliphatic rings. The summed E-state index contributed by atoms with van der Waals surface area (Å²) in [5.41, 5.74) is 5.02. The van der Waals surface area contributed by atoms with Gasteiger partial charge in [-0.3, -0.25) is 0 Å².